The van der Waals surface area contributed by atoms with Gasteiger partial charge in [0.2, 0.25) is 0 Å². The van der Waals surface area contributed by atoms with Crippen LogP contribution in [0.3, 0.4) is 0 Å². The third-order valence-corrected chi connectivity index (χ3v) is 5.03. The molecule has 1 unspecified atom stereocenters. The van der Waals surface area contributed by atoms with Gasteiger partial charge in [0.15, 0.2) is 23.2 Å². The Bertz CT molecular complexity index is 981. The number of ether oxygens (including phenoxy) is 2. The van der Waals surface area contributed by atoms with Crippen molar-refractivity contribution in [3.05, 3.63) is 42.5 Å². The van der Waals surface area contributed by atoms with E-state index in [2.05, 4.69) is 20.3 Å². The summed E-state index contributed by atoms with van der Waals surface area (Å²) in [5, 5.41) is 32.8. The van der Waals surface area contributed by atoms with E-state index in [4.69, 9.17) is 9.47 Å². The van der Waals surface area contributed by atoms with Crippen molar-refractivity contribution in [2.24, 2.45) is 0 Å². The number of aliphatic hydroxyl groups is 3. The number of hydrogen-bond acceptors (Lipinski definition) is 9. The molecule has 154 valence electrons. The second-order valence-electron chi connectivity index (χ2n) is 6.76. The zero-order valence-corrected chi connectivity index (χ0v) is 15.8. The van der Waals surface area contributed by atoms with Gasteiger partial charge >= 0.3 is 0 Å². The van der Waals surface area contributed by atoms with Gasteiger partial charge in [0.25, 0.3) is 0 Å². The summed E-state index contributed by atoms with van der Waals surface area (Å²) in [6, 6.07) is 7.81. The summed E-state index contributed by atoms with van der Waals surface area (Å²) in [5.74, 6) is 1.38. The quantitative estimate of drug-likeness (QED) is 0.435. The highest BCUT2D eigenvalue weighted by Gasteiger charge is 2.44. The number of fused-ring (bicyclic) bond motifs is 1. The number of anilines is 1. The first kappa shape index (κ1) is 19.5. The molecular weight excluding hydrogens is 378 g/mol. The van der Waals surface area contributed by atoms with Crippen LogP contribution in [0.5, 0.6) is 5.75 Å². The smallest absolute Gasteiger partial charge is 0.167 e. The van der Waals surface area contributed by atoms with Gasteiger partial charge in [0, 0.05) is 6.54 Å². The molecule has 10 nitrogen and oxygen atoms in total. The van der Waals surface area contributed by atoms with E-state index in [1.807, 2.05) is 24.3 Å². The number of benzene rings is 1. The van der Waals surface area contributed by atoms with Crippen molar-refractivity contribution in [1.82, 2.24) is 19.5 Å². The van der Waals surface area contributed by atoms with Gasteiger partial charge in [-0.2, -0.15) is 0 Å². The van der Waals surface area contributed by atoms with Crippen LogP contribution < -0.4 is 10.1 Å². The van der Waals surface area contributed by atoms with Crippen LogP contribution in [0.15, 0.2) is 36.9 Å². The van der Waals surface area contributed by atoms with E-state index in [-0.39, 0.29) is 0 Å². The minimum absolute atomic E-state index is 0.397. The Morgan fingerprint density at radius 2 is 2.00 bits per heavy atom. The van der Waals surface area contributed by atoms with Crippen LogP contribution in [0, 0.1) is 0 Å². The van der Waals surface area contributed by atoms with Crippen LogP contribution in [-0.4, -0.2) is 73.4 Å². The first-order valence-electron chi connectivity index (χ1n) is 9.29. The second kappa shape index (κ2) is 8.29. The number of rotatable bonds is 7. The summed E-state index contributed by atoms with van der Waals surface area (Å²) in [7, 11) is 1.64. The topological polar surface area (TPSA) is 135 Å². The first-order chi connectivity index (χ1) is 14.1. The molecule has 29 heavy (non-hydrogen) atoms. The van der Waals surface area contributed by atoms with E-state index < -0.39 is 31.1 Å². The molecule has 0 radical (unpaired) electrons. The molecule has 0 saturated carbocycles. The molecule has 4 rings (SSSR count). The van der Waals surface area contributed by atoms with Crippen molar-refractivity contribution in [3.8, 4) is 5.75 Å². The Kier molecular flexibility index (Phi) is 5.58. The molecule has 3 heterocycles. The summed E-state index contributed by atoms with van der Waals surface area (Å²) in [6.07, 6.45) is -0.566. The number of hydrogen-bond donors (Lipinski definition) is 4. The van der Waals surface area contributed by atoms with Gasteiger partial charge in [-0.3, -0.25) is 4.57 Å². The second-order valence-corrected chi connectivity index (χ2v) is 6.76. The lowest BCUT2D eigenvalue weighted by Crippen LogP contribution is -2.33. The maximum atomic E-state index is 10.3. The number of imidazole rings is 1. The molecule has 0 aliphatic carbocycles. The van der Waals surface area contributed by atoms with Gasteiger partial charge < -0.3 is 30.1 Å². The van der Waals surface area contributed by atoms with Crippen LogP contribution in [0.25, 0.3) is 11.2 Å². The highest BCUT2D eigenvalue weighted by atomic mass is 16.6. The van der Waals surface area contributed by atoms with Gasteiger partial charge in [0.05, 0.1) is 20.0 Å². The molecule has 0 bridgehead atoms. The standard InChI is InChI=1S/C19H23N5O5/c1-28-12-5-3-2-4-11(12)6-7-20-17-14-18(22-9-21-17)24(10-23-14)19-16(27)15(26)13(8-25)29-19/h2-5,9-10,13,15-16,19,25-27H,6-8H2,1H3,(H,20,21,22)/t13-,15-,16-,19?/m1/s1. The number of nitrogens with zero attached hydrogens (tertiary/aromatic N) is 4. The number of aliphatic hydroxyl groups excluding tert-OH is 3. The molecule has 1 saturated heterocycles. The zero-order valence-electron chi connectivity index (χ0n) is 15.8. The Morgan fingerprint density at radius 3 is 2.76 bits per heavy atom. The Hall–Kier alpha value is -2.79. The Balaban J connectivity index is 1.52. The molecule has 1 aromatic carbocycles. The third kappa shape index (κ3) is 3.62. The van der Waals surface area contributed by atoms with Crippen molar-refractivity contribution in [3.63, 3.8) is 0 Å². The lowest BCUT2D eigenvalue weighted by Gasteiger charge is -2.16. The predicted molar refractivity (Wildman–Crippen MR) is 104 cm³/mol. The molecule has 1 fully saturated rings. The third-order valence-electron chi connectivity index (χ3n) is 5.03. The van der Waals surface area contributed by atoms with Crippen molar-refractivity contribution in [2.75, 3.05) is 25.6 Å². The fourth-order valence-corrected chi connectivity index (χ4v) is 3.50. The number of methoxy groups -OCH3 is 1. The maximum absolute atomic E-state index is 10.3. The van der Waals surface area contributed by atoms with Gasteiger partial charge in [-0.25, -0.2) is 15.0 Å². The molecule has 4 atom stereocenters. The molecule has 1 aliphatic heterocycles. The molecule has 2 aromatic heterocycles. The van der Waals surface area contributed by atoms with Crippen LogP contribution in [0.2, 0.25) is 0 Å². The fourth-order valence-electron chi connectivity index (χ4n) is 3.50. The zero-order chi connectivity index (χ0) is 20.4. The van der Waals surface area contributed by atoms with Gasteiger partial charge in [0.1, 0.15) is 30.4 Å². The van der Waals surface area contributed by atoms with Crippen LogP contribution in [0.4, 0.5) is 5.82 Å². The van der Waals surface area contributed by atoms with Crippen molar-refractivity contribution < 1.29 is 24.8 Å². The number of nitrogens with one attached hydrogen (secondary N) is 1. The predicted octanol–water partition coefficient (Wildman–Crippen LogP) is 0.101. The molecule has 4 N–H and O–H groups in total. The lowest BCUT2D eigenvalue weighted by molar-refractivity contribution is -0.0511. The molecule has 3 aromatic rings. The minimum Gasteiger partial charge on any atom is -0.496 e. The van der Waals surface area contributed by atoms with E-state index in [9.17, 15) is 15.3 Å². The normalized spacial score (nSPS) is 24.1. The lowest BCUT2D eigenvalue weighted by atomic mass is 10.1. The molecule has 10 heteroatoms. The fraction of sp³-hybridized carbons (Fsp3) is 0.421. The summed E-state index contributed by atoms with van der Waals surface area (Å²) in [6.45, 7) is 0.208. The summed E-state index contributed by atoms with van der Waals surface area (Å²) in [5.41, 5.74) is 2.05. The Morgan fingerprint density at radius 1 is 1.17 bits per heavy atom. The van der Waals surface area contributed by atoms with E-state index in [1.165, 1.54) is 17.2 Å². The maximum Gasteiger partial charge on any atom is 0.167 e. The molecule has 0 amide bonds. The monoisotopic (exact) mass is 401 g/mol. The van der Waals surface area contributed by atoms with Crippen molar-refractivity contribution in [2.45, 2.75) is 31.0 Å². The largest absolute Gasteiger partial charge is 0.496 e. The van der Waals surface area contributed by atoms with Crippen molar-refractivity contribution in [1.29, 1.82) is 0 Å². The van der Waals surface area contributed by atoms with E-state index in [1.54, 1.807) is 7.11 Å². The average molecular weight is 401 g/mol. The first-order valence-corrected chi connectivity index (χ1v) is 9.29. The molecule has 1 aliphatic rings. The summed E-state index contributed by atoms with van der Waals surface area (Å²) >= 11 is 0. The van der Waals surface area contributed by atoms with E-state index in [0.29, 0.717) is 23.5 Å². The highest BCUT2D eigenvalue weighted by Crippen LogP contribution is 2.32. The minimum atomic E-state index is -1.21. The van der Waals surface area contributed by atoms with Gasteiger partial charge in [-0.05, 0) is 18.1 Å². The van der Waals surface area contributed by atoms with Gasteiger partial charge in [-0.1, -0.05) is 18.2 Å². The number of aromatic nitrogens is 4. The van der Waals surface area contributed by atoms with Crippen LogP contribution in [-0.2, 0) is 11.2 Å². The van der Waals surface area contributed by atoms with Gasteiger partial charge in [-0.15, -0.1) is 0 Å². The van der Waals surface area contributed by atoms with E-state index >= 15 is 0 Å². The molecular formula is C19H23N5O5. The SMILES string of the molecule is COc1ccccc1CCNc1ncnc2c1ncn2C1O[C@H](CO)[C@@H](O)[C@H]1O. The number of para-hydroxylation sites is 1. The summed E-state index contributed by atoms with van der Waals surface area (Å²) < 4.78 is 12.5. The average Bonchev–Trinajstić information content (AvgIpc) is 3.30. The summed E-state index contributed by atoms with van der Waals surface area (Å²) in [4.78, 5) is 12.9. The van der Waals surface area contributed by atoms with Crippen LogP contribution >= 0.6 is 0 Å². The molecule has 0 spiro atoms. The van der Waals surface area contributed by atoms with Crippen molar-refractivity contribution >= 4 is 17.0 Å². The van der Waals surface area contributed by atoms with E-state index in [0.717, 1.165) is 17.7 Å². The van der Waals surface area contributed by atoms with Crippen LogP contribution in [0.1, 0.15) is 11.8 Å². The Labute approximate surface area is 166 Å². The highest BCUT2D eigenvalue weighted by molar-refractivity contribution is 5.82.